The van der Waals surface area contributed by atoms with Gasteiger partial charge in [-0.1, -0.05) is 6.07 Å². The average Bonchev–Trinajstić information content (AvgIpc) is 3.22. The topological polar surface area (TPSA) is 49.2 Å². The molecule has 0 amide bonds. The molecule has 2 heterocycles. The lowest BCUT2D eigenvalue weighted by Gasteiger charge is -2.12. The van der Waals surface area contributed by atoms with Gasteiger partial charge in [0.25, 0.3) is 0 Å². The van der Waals surface area contributed by atoms with Crippen LogP contribution in [0.3, 0.4) is 0 Å². The Morgan fingerprint density at radius 2 is 2.00 bits per heavy atom. The Kier molecular flexibility index (Phi) is 3.92. The number of benzene rings is 2. The zero-order valence-corrected chi connectivity index (χ0v) is 14.7. The molecule has 0 radical (unpaired) electrons. The van der Waals surface area contributed by atoms with E-state index in [1.807, 2.05) is 32.9 Å². The summed E-state index contributed by atoms with van der Waals surface area (Å²) in [6, 6.07) is 12.4. The van der Waals surface area contributed by atoms with Crippen molar-refractivity contribution in [3.05, 3.63) is 53.3 Å². The number of fused-ring (bicyclic) bond motifs is 1. The van der Waals surface area contributed by atoms with Gasteiger partial charge in [0.2, 0.25) is 0 Å². The van der Waals surface area contributed by atoms with E-state index in [1.54, 1.807) is 0 Å². The molecule has 128 valence electrons. The summed E-state index contributed by atoms with van der Waals surface area (Å²) in [6.07, 6.45) is 0.974. The van der Waals surface area contributed by atoms with E-state index in [2.05, 4.69) is 39.0 Å². The molecule has 0 fully saturated rings. The number of hydrogen-bond acceptors (Lipinski definition) is 4. The molecule has 0 atom stereocenters. The lowest BCUT2D eigenvalue weighted by atomic mass is 10.1. The molecule has 1 aliphatic heterocycles. The van der Waals surface area contributed by atoms with Gasteiger partial charge >= 0.3 is 0 Å². The molecule has 5 nitrogen and oxygen atoms in total. The first kappa shape index (κ1) is 15.7. The van der Waals surface area contributed by atoms with Gasteiger partial charge in [-0.2, -0.15) is 0 Å². The van der Waals surface area contributed by atoms with Crippen molar-refractivity contribution in [3.63, 3.8) is 0 Å². The summed E-state index contributed by atoms with van der Waals surface area (Å²) >= 11 is 0. The first-order valence-electron chi connectivity index (χ1n) is 8.59. The number of nitrogens with zero attached hydrogens (tertiary/aromatic N) is 3. The maximum absolute atomic E-state index is 5.71. The van der Waals surface area contributed by atoms with Crippen LogP contribution in [0.4, 0.5) is 0 Å². The molecule has 0 spiro atoms. The fourth-order valence-corrected chi connectivity index (χ4v) is 3.26. The third kappa shape index (κ3) is 2.76. The van der Waals surface area contributed by atoms with Crippen molar-refractivity contribution >= 4 is 0 Å². The van der Waals surface area contributed by atoms with E-state index in [9.17, 15) is 0 Å². The maximum Gasteiger partial charge on any atom is 0.168 e. The van der Waals surface area contributed by atoms with Gasteiger partial charge in [-0.15, -0.1) is 10.2 Å². The molecule has 0 bridgehead atoms. The second-order valence-corrected chi connectivity index (χ2v) is 6.21. The number of ether oxygens (including phenoxy) is 2. The molecule has 0 saturated heterocycles. The Morgan fingerprint density at radius 1 is 1.12 bits per heavy atom. The Balaban J connectivity index is 1.79. The van der Waals surface area contributed by atoms with Crippen LogP contribution in [0.15, 0.2) is 36.4 Å². The summed E-state index contributed by atoms with van der Waals surface area (Å²) in [5, 5.41) is 8.70. The first-order valence-corrected chi connectivity index (χ1v) is 8.59. The summed E-state index contributed by atoms with van der Waals surface area (Å²) in [6.45, 7) is 7.41. The van der Waals surface area contributed by atoms with E-state index in [0.717, 1.165) is 53.0 Å². The zero-order valence-electron chi connectivity index (χ0n) is 14.7. The number of aromatic nitrogens is 3. The monoisotopic (exact) mass is 335 g/mol. The molecule has 3 aromatic rings. The molecular formula is C20H21N3O2. The number of rotatable bonds is 4. The van der Waals surface area contributed by atoms with Gasteiger partial charge in [-0.05, 0) is 56.2 Å². The van der Waals surface area contributed by atoms with Gasteiger partial charge in [0.1, 0.15) is 17.3 Å². The Morgan fingerprint density at radius 3 is 2.80 bits per heavy atom. The van der Waals surface area contributed by atoms with Crippen molar-refractivity contribution < 1.29 is 9.47 Å². The van der Waals surface area contributed by atoms with Crippen LogP contribution < -0.4 is 9.47 Å². The highest BCUT2D eigenvalue weighted by molar-refractivity contribution is 5.62. The summed E-state index contributed by atoms with van der Waals surface area (Å²) in [5.41, 5.74) is 4.38. The molecule has 2 aromatic carbocycles. The Hall–Kier alpha value is -2.82. The first-order chi connectivity index (χ1) is 12.2. The average molecular weight is 335 g/mol. The Bertz CT molecular complexity index is 931. The standard InChI is InChI=1S/C20H21N3O2/c1-4-24-18-8-6-16(11-13(18)2)20-22-21-14(3)23(20)17-7-5-15-9-10-25-19(15)12-17/h5-8,11-12H,4,9-10H2,1-3H3. The maximum atomic E-state index is 5.71. The SMILES string of the molecule is CCOc1ccc(-c2nnc(C)n2-c2ccc3c(c2)OCC3)cc1C. The van der Waals surface area contributed by atoms with Crippen LogP contribution in [0.2, 0.25) is 0 Å². The lowest BCUT2D eigenvalue weighted by molar-refractivity contribution is 0.338. The minimum absolute atomic E-state index is 0.657. The number of hydrogen-bond donors (Lipinski definition) is 0. The molecule has 0 N–H and O–H groups in total. The van der Waals surface area contributed by atoms with E-state index in [1.165, 1.54) is 5.56 Å². The van der Waals surface area contributed by atoms with Gasteiger partial charge in [-0.25, -0.2) is 0 Å². The molecule has 25 heavy (non-hydrogen) atoms. The smallest absolute Gasteiger partial charge is 0.168 e. The van der Waals surface area contributed by atoms with Crippen LogP contribution in [0.25, 0.3) is 17.1 Å². The summed E-state index contributed by atoms with van der Waals surface area (Å²) in [7, 11) is 0. The van der Waals surface area contributed by atoms with Gasteiger partial charge in [0, 0.05) is 18.1 Å². The molecule has 1 aliphatic rings. The predicted molar refractivity (Wildman–Crippen MR) is 96.6 cm³/mol. The quantitative estimate of drug-likeness (QED) is 0.726. The van der Waals surface area contributed by atoms with Gasteiger partial charge in [0.15, 0.2) is 5.82 Å². The molecule has 5 heteroatoms. The zero-order chi connectivity index (χ0) is 17.4. The second kappa shape index (κ2) is 6.24. The molecule has 1 aromatic heterocycles. The van der Waals surface area contributed by atoms with E-state index in [4.69, 9.17) is 9.47 Å². The van der Waals surface area contributed by atoms with Crippen molar-refractivity contribution in [2.75, 3.05) is 13.2 Å². The van der Waals surface area contributed by atoms with Gasteiger partial charge in [0.05, 0.1) is 18.9 Å². The van der Waals surface area contributed by atoms with Crippen LogP contribution in [0.5, 0.6) is 11.5 Å². The van der Waals surface area contributed by atoms with Crippen LogP contribution in [0.1, 0.15) is 23.9 Å². The van der Waals surface area contributed by atoms with Crippen LogP contribution in [0, 0.1) is 13.8 Å². The largest absolute Gasteiger partial charge is 0.494 e. The highest BCUT2D eigenvalue weighted by atomic mass is 16.5. The van der Waals surface area contributed by atoms with Crippen molar-refractivity contribution in [1.29, 1.82) is 0 Å². The van der Waals surface area contributed by atoms with Crippen LogP contribution in [-0.4, -0.2) is 28.0 Å². The van der Waals surface area contributed by atoms with Gasteiger partial charge in [-0.3, -0.25) is 4.57 Å². The highest BCUT2D eigenvalue weighted by Crippen LogP contribution is 2.31. The second-order valence-electron chi connectivity index (χ2n) is 6.21. The fraction of sp³-hybridized carbons (Fsp3) is 0.300. The van der Waals surface area contributed by atoms with Crippen molar-refractivity contribution in [2.24, 2.45) is 0 Å². The summed E-state index contributed by atoms with van der Waals surface area (Å²) in [5.74, 6) is 3.53. The summed E-state index contributed by atoms with van der Waals surface area (Å²) < 4.78 is 13.4. The molecule has 4 rings (SSSR count). The molecular weight excluding hydrogens is 314 g/mol. The van der Waals surface area contributed by atoms with Crippen molar-refractivity contribution in [1.82, 2.24) is 14.8 Å². The predicted octanol–water partition coefficient (Wildman–Crippen LogP) is 3.88. The minimum Gasteiger partial charge on any atom is -0.494 e. The fourth-order valence-electron chi connectivity index (χ4n) is 3.26. The number of aryl methyl sites for hydroxylation is 2. The lowest BCUT2D eigenvalue weighted by Crippen LogP contribution is -2.01. The molecule has 0 saturated carbocycles. The van der Waals surface area contributed by atoms with E-state index >= 15 is 0 Å². The van der Waals surface area contributed by atoms with Crippen LogP contribution >= 0.6 is 0 Å². The van der Waals surface area contributed by atoms with Crippen LogP contribution in [-0.2, 0) is 6.42 Å². The Labute approximate surface area is 147 Å². The third-order valence-corrected chi connectivity index (χ3v) is 4.50. The van der Waals surface area contributed by atoms with Crippen molar-refractivity contribution in [3.8, 4) is 28.6 Å². The van der Waals surface area contributed by atoms with E-state index < -0.39 is 0 Å². The van der Waals surface area contributed by atoms with E-state index in [-0.39, 0.29) is 0 Å². The normalized spacial score (nSPS) is 12.8. The van der Waals surface area contributed by atoms with E-state index in [0.29, 0.717) is 6.61 Å². The third-order valence-electron chi connectivity index (χ3n) is 4.50. The summed E-state index contributed by atoms with van der Waals surface area (Å²) in [4.78, 5) is 0. The van der Waals surface area contributed by atoms with Crippen molar-refractivity contribution in [2.45, 2.75) is 27.2 Å². The minimum atomic E-state index is 0.657. The molecule has 0 aliphatic carbocycles. The highest BCUT2D eigenvalue weighted by Gasteiger charge is 2.17. The molecule has 0 unspecified atom stereocenters. The van der Waals surface area contributed by atoms with Gasteiger partial charge < -0.3 is 9.47 Å².